The number of benzene rings is 1. The number of urea groups is 1. The van der Waals surface area contributed by atoms with E-state index in [4.69, 9.17) is 0 Å². The van der Waals surface area contributed by atoms with Gasteiger partial charge in [0.15, 0.2) is 0 Å². The summed E-state index contributed by atoms with van der Waals surface area (Å²) in [5.74, 6) is 1.40. The lowest BCUT2D eigenvalue weighted by Crippen LogP contribution is -2.42. The zero-order chi connectivity index (χ0) is 17.6. The number of carbonyl (C=O) groups excluding carboxylic acids is 1. The quantitative estimate of drug-likeness (QED) is 0.883. The van der Waals surface area contributed by atoms with Crippen molar-refractivity contribution < 1.29 is 9.18 Å². The van der Waals surface area contributed by atoms with Crippen molar-refractivity contribution in [3.63, 3.8) is 0 Å². The highest BCUT2D eigenvalue weighted by Gasteiger charge is 2.23. The number of hydrogen-bond donors (Lipinski definition) is 1. The van der Waals surface area contributed by atoms with Crippen LogP contribution >= 0.6 is 11.8 Å². The molecule has 1 aliphatic rings. The first kappa shape index (κ1) is 17.8. The molecule has 1 unspecified atom stereocenters. The molecule has 1 fully saturated rings. The van der Waals surface area contributed by atoms with Crippen molar-refractivity contribution in [3.05, 3.63) is 48.0 Å². The van der Waals surface area contributed by atoms with Crippen LogP contribution in [-0.4, -0.2) is 45.8 Å². The van der Waals surface area contributed by atoms with Crippen LogP contribution in [-0.2, 0) is 6.54 Å². The maximum Gasteiger partial charge on any atom is 0.321 e. The Hall–Kier alpha value is -2.02. The van der Waals surface area contributed by atoms with Gasteiger partial charge in [-0.3, -0.25) is 4.68 Å². The number of hydrogen-bond acceptors (Lipinski definition) is 3. The van der Waals surface area contributed by atoms with Gasteiger partial charge in [-0.2, -0.15) is 16.9 Å². The highest BCUT2D eigenvalue weighted by Crippen LogP contribution is 2.20. The third-order valence-electron chi connectivity index (χ3n) is 4.38. The van der Waals surface area contributed by atoms with E-state index >= 15 is 0 Å². The zero-order valence-corrected chi connectivity index (χ0v) is 15.1. The van der Waals surface area contributed by atoms with Gasteiger partial charge in [-0.25, -0.2) is 9.18 Å². The summed E-state index contributed by atoms with van der Waals surface area (Å²) in [6.45, 7) is 1.93. The molecule has 2 aromatic rings. The van der Waals surface area contributed by atoms with E-state index in [2.05, 4.69) is 16.7 Å². The van der Waals surface area contributed by atoms with E-state index in [0.717, 1.165) is 25.3 Å². The van der Waals surface area contributed by atoms with E-state index in [1.807, 2.05) is 16.7 Å². The summed E-state index contributed by atoms with van der Waals surface area (Å²) in [5, 5.41) is 7.11. The van der Waals surface area contributed by atoms with Crippen molar-refractivity contribution in [2.75, 3.05) is 30.4 Å². The van der Waals surface area contributed by atoms with Crippen molar-refractivity contribution in [1.29, 1.82) is 0 Å². The van der Waals surface area contributed by atoms with E-state index in [-0.39, 0.29) is 11.8 Å². The Morgan fingerprint density at radius 2 is 2.28 bits per heavy atom. The van der Waals surface area contributed by atoms with E-state index in [0.29, 0.717) is 23.7 Å². The first-order chi connectivity index (χ1) is 12.2. The molecule has 1 atom stereocenters. The summed E-state index contributed by atoms with van der Waals surface area (Å²) in [6, 6.07) is 6.54. The Kier molecular flexibility index (Phi) is 5.96. The number of anilines is 1. The van der Waals surface area contributed by atoms with Crippen molar-refractivity contribution in [3.8, 4) is 0 Å². The monoisotopic (exact) mass is 362 g/mol. The first-order valence-corrected chi connectivity index (χ1v) is 9.86. The maximum absolute atomic E-state index is 13.7. The van der Waals surface area contributed by atoms with Crippen LogP contribution in [0.3, 0.4) is 0 Å². The van der Waals surface area contributed by atoms with Crippen LogP contribution in [0.15, 0.2) is 36.7 Å². The molecule has 0 radical (unpaired) electrons. The van der Waals surface area contributed by atoms with Crippen LogP contribution in [0.5, 0.6) is 0 Å². The lowest BCUT2D eigenvalue weighted by Gasteiger charge is -2.32. The molecule has 1 aromatic carbocycles. The Morgan fingerprint density at radius 1 is 1.44 bits per heavy atom. The fourth-order valence-corrected chi connectivity index (χ4v) is 3.88. The number of piperidine rings is 1. The highest BCUT2D eigenvalue weighted by molar-refractivity contribution is 7.98. The summed E-state index contributed by atoms with van der Waals surface area (Å²) in [5.41, 5.74) is 1.20. The van der Waals surface area contributed by atoms with Crippen molar-refractivity contribution in [1.82, 2.24) is 14.7 Å². The highest BCUT2D eigenvalue weighted by atomic mass is 32.2. The number of thioether (sulfide) groups is 1. The molecule has 1 aliphatic heterocycles. The molecule has 0 bridgehead atoms. The second-order valence-electron chi connectivity index (χ2n) is 6.36. The van der Waals surface area contributed by atoms with Crippen molar-refractivity contribution in [2.24, 2.45) is 5.92 Å². The number of halogens is 1. The molecule has 0 aliphatic carbocycles. The van der Waals surface area contributed by atoms with E-state index in [1.54, 1.807) is 35.3 Å². The molecule has 134 valence electrons. The molecule has 0 spiro atoms. The number of likely N-dealkylation sites (tertiary alicyclic amines) is 1. The fourth-order valence-electron chi connectivity index (χ4n) is 3.14. The molecule has 2 heterocycles. The van der Waals surface area contributed by atoms with Gasteiger partial charge in [0.2, 0.25) is 0 Å². The Bertz CT molecular complexity index is 719. The molecule has 1 saturated heterocycles. The number of nitrogens with one attached hydrogen (secondary N) is 1. The molecular formula is C18H23FN4OS. The molecule has 3 rings (SSSR count). The van der Waals surface area contributed by atoms with Crippen LogP contribution < -0.4 is 5.32 Å². The topological polar surface area (TPSA) is 50.2 Å². The van der Waals surface area contributed by atoms with Gasteiger partial charge in [0, 0.05) is 24.8 Å². The third-order valence-corrected chi connectivity index (χ3v) is 5.19. The minimum Gasteiger partial charge on any atom is -0.324 e. The SMILES string of the molecule is CSCC1CCCN(C(=O)Nc2cnn(Cc3ccccc3F)c2)C1. The normalized spacial score (nSPS) is 17.5. The Balaban J connectivity index is 1.57. The van der Waals surface area contributed by atoms with Gasteiger partial charge in [-0.15, -0.1) is 0 Å². The number of rotatable bonds is 5. The maximum atomic E-state index is 13.7. The molecule has 1 N–H and O–H groups in total. The van der Waals surface area contributed by atoms with Crippen LogP contribution in [0, 0.1) is 11.7 Å². The number of nitrogens with zero attached hydrogens (tertiary/aromatic N) is 3. The third kappa shape index (κ3) is 4.75. The summed E-state index contributed by atoms with van der Waals surface area (Å²) in [6.07, 6.45) is 7.66. The molecule has 2 amide bonds. The van der Waals surface area contributed by atoms with Crippen LogP contribution in [0.4, 0.5) is 14.9 Å². The van der Waals surface area contributed by atoms with E-state index in [1.165, 1.54) is 12.5 Å². The van der Waals surface area contributed by atoms with Gasteiger partial charge in [-0.1, -0.05) is 18.2 Å². The predicted molar refractivity (Wildman–Crippen MR) is 99.4 cm³/mol. The zero-order valence-electron chi connectivity index (χ0n) is 14.3. The summed E-state index contributed by atoms with van der Waals surface area (Å²) < 4.78 is 15.3. The number of aromatic nitrogens is 2. The van der Waals surface area contributed by atoms with Crippen molar-refractivity contribution >= 4 is 23.5 Å². The Morgan fingerprint density at radius 3 is 3.08 bits per heavy atom. The molecule has 5 nitrogen and oxygen atoms in total. The largest absolute Gasteiger partial charge is 0.324 e. The molecule has 25 heavy (non-hydrogen) atoms. The van der Waals surface area contributed by atoms with Gasteiger partial charge in [0.05, 0.1) is 18.4 Å². The summed E-state index contributed by atoms with van der Waals surface area (Å²) in [7, 11) is 0. The molecule has 7 heteroatoms. The first-order valence-electron chi connectivity index (χ1n) is 8.46. The molecule has 1 aromatic heterocycles. The van der Waals surface area contributed by atoms with Crippen LogP contribution in [0.1, 0.15) is 18.4 Å². The van der Waals surface area contributed by atoms with E-state index < -0.39 is 0 Å². The number of amides is 2. The van der Waals surface area contributed by atoms with Gasteiger partial charge < -0.3 is 10.2 Å². The lowest BCUT2D eigenvalue weighted by atomic mass is 10.0. The fraction of sp³-hybridized carbons (Fsp3) is 0.444. The number of carbonyl (C=O) groups is 1. The summed E-state index contributed by atoms with van der Waals surface area (Å²) >= 11 is 1.83. The summed E-state index contributed by atoms with van der Waals surface area (Å²) in [4.78, 5) is 14.3. The van der Waals surface area contributed by atoms with Crippen molar-refractivity contribution in [2.45, 2.75) is 19.4 Å². The van der Waals surface area contributed by atoms with Gasteiger partial charge in [0.25, 0.3) is 0 Å². The standard InChI is InChI=1S/C18H23FN4OS/c1-25-13-14-5-4-8-22(10-14)18(24)21-16-9-20-23(12-16)11-15-6-2-3-7-17(15)19/h2-3,6-7,9,12,14H,4-5,8,10-11,13H2,1H3,(H,21,24). The van der Waals surface area contributed by atoms with Gasteiger partial charge >= 0.3 is 6.03 Å². The minimum absolute atomic E-state index is 0.0868. The average molecular weight is 362 g/mol. The van der Waals surface area contributed by atoms with Crippen LogP contribution in [0.2, 0.25) is 0 Å². The smallest absolute Gasteiger partial charge is 0.321 e. The Labute approximate surface area is 151 Å². The van der Waals surface area contributed by atoms with E-state index in [9.17, 15) is 9.18 Å². The minimum atomic E-state index is -0.253. The molecular weight excluding hydrogens is 339 g/mol. The second kappa shape index (κ2) is 8.38. The van der Waals surface area contributed by atoms with Gasteiger partial charge in [0.1, 0.15) is 5.82 Å². The van der Waals surface area contributed by atoms with Crippen LogP contribution in [0.25, 0.3) is 0 Å². The van der Waals surface area contributed by atoms with Gasteiger partial charge in [-0.05, 0) is 36.8 Å². The lowest BCUT2D eigenvalue weighted by molar-refractivity contribution is 0.183. The second-order valence-corrected chi connectivity index (χ2v) is 7.27. The average Bonchev–Trinajstić information content (AvgIpc) is 3.04. The molecule has 0 saturated carbocycles. The predicted octanol–water partition coefficient (Wildman–Crippen LogP) is 3.68.